The molecule has 1 saturated carbocycles. The van der Waals surface area contributed by atoms with Crippen molar-refractivity contribution in [1.29, 1.82) is 0 Å². The van der Waals surface area contributed by atoms with Crippen molar-refractivity contribution in [2.75, 3.05) is 20.2 Å². The number of nitrogens with zero attached hydrogens (tertiary/aromatic N) is 2. The second-order valence-electron chi connectivity index (χ2n) is 7.56. The Labute approximate surface area is 151 Å². The molecule has 25 heavy (non-hydrogen) atoms. The monoisotopic (exact) mass is 336 g/mol. The van der Waals surface area contributed by atoms with E-state index >= 15 is 0 Å². The van der Waals surface area contributed by atoms with E-state index in [0.29, 0.717) is 11.8 Å². The van der Waals surface area contributed by atoms with Crippen LogP contribution in [0, 0.1) is 5.92 Å². The maximum atomic E-state index is 5.75. The molecule has 2 heterocycles. The Balaban J connectivity index is 1.33. The summed E-state index contributed by atoms with van der Waals surface area (Å²) < 4.78 is 5.75. The Hall–Kier alpha value is -1.71. The molecule has 2 fully saturated rings. The van der Waals surface area contributed by atoms with Gasteiger partial charge in [-0.15, -0.1) is 0 Å². The average Bonchev–Trinajstić information content (AvgIpc) is 3.12. The fourth-order valence-corrected chi connectivity index (χ4v) is 4.37. The highest BCUT2D eigenvalue weighted by Gasteiger charge is 2.37. The summed E-state index contributed by atoms with van der Waals surface area (Å²) >= 11 is 0. The smallest absolute Gasteiger partial charge is 0.102 e. The van der Waals surface area contributed by atoms with E-state index in [2.05, 4.69) is 40.2 Å². The lowest BCUT2D eigenvalue weighted by atomic mass is 9.68. The van der Waals surface area contributed by atoms with Gasteiger partial charge in [-0.1, -0.05) is 30.3 Å². The molecule has 1 saturated heterocycles. The number of likely N-dealkylation sites (tertiary alicyclic amines) is 1. The molecule has 0 amide bonds. The van der Waals surface area contributed by atoms with Crippen LogP contribution in [-0.2, 0) is 11.3 Å². The van der Waals surface area contributed by atoms with Crippen molar-refractivity contribution >= 4 is 0 Å². The van der Waals surface area contributed by atoms with E-state index in [-0.39, 0.29) is 6.10 Å². The van der Waals surface area contributed by atoms with Gasteiger partial charge in [0.1, 0.15) is 6.10 Å². The Morgan fingerprint density at radius 2 is 1.84 bits per heavy atom. The molecule has 1 aromatic carbocycles. The number of aromatic nitrogens is 1. The van der Waals surface area contributed by atoms with E-state index in [1.54, 1.807) is 7.11 Å². The molecule has 0 N–H and O–H groups in total. The molecule has 2 aliphatic rings. The van der Waals surface area contributed by atoms with E-state index in [9.17, 15) is 0 Å². The van der Waals surface area contributed by atoms with Crippen molar-refractivity contribution in [2.24, 2.45) is 5.92 Å². The van der Waals surface area contributed by atoms with Gasteiger partial charge in [-0.25, -0.2) is 0 Å². The highest BCUT2D eigenvalue weighted by atomic mass is 16.5. The van der Waals surface area contributed by atoms with Crippen LogP contribution in [0.4, 0.5) is 0 Å². The summed E-state index contributed by atoms with van der Waals surface area (Å²) in [7, 11) is 1.81. The van der Waals surface area contributed by atoms with Gasteiger partial charge in [0.15, 0.2) is 0 Å². The third-order valence-corrected chi connectivity index (χ3v) is 5.89. The second-order valence-corrected chi connectivity index (χ2v) is 7.56. The first-order valence-corrected chi connectivity index (χ1v) is 9.58. The summed E-state index contributed by atoms with van der Waals surface area (Å²) in [6, 6.07) is 15.4. The van der Waals surface area contributed by atoms with Crippen molar-refractivity contribution in [2.45, 2.75) is 44.2 Å². The minimum atomic E-state index is 0.131. The lowest BCUT2D eigenvalue weighted by Gasteiger charge is -2.40. The highest BCUT2D eigenvalue weighted by Crippen LogP contribution is 2.48. The Morgan fingerprint density at radius 1 is 1.08 bits per heavy atom. The predicted octanol–water partition coefficient (Wildman–Crippen LogP) is 4.56. The third kappa shape index (κ3) is 3.78. The standard InChI is InChI=1S/C22H28N2O/c1-25-22(21-6-2-3-11-23-21)20-14-19(15-20)18-9-7-17(8-10-18)16-24-12-4-5-13-24/h2-3,6-11,19-20,22H,4-5,12-16H2,1H3. The lowest BCUT2D eigenvalue weighted by Crippen LogP contribution is -2.29. The first-order chi connectivity index (χ1) is 12.3. The van der Waals surface area contributed by atoms with Gasteiger partial charge in [0, 0.05) is 19.9 Å². The Morgan fingerprint density at radius 3 is 2.48 bits per heavy atom. The van der Waals surface area contributed by atoms with Gasteiger partial charge >= 0.3 is 0 Å². The molecule has 1 unspecified atom stereocenters. The van der Waals surface area contributed by atoms with Gasteiger partial charge < -0.3 is 4.74 Å². The zero-order valence-electron chi connectivity index (χ0n) is 15.1. The van der Waals surface area contributed by atoms with Crippen molar-refractivity contribution in [3.63, 3.8) is 0 Å². The fourth-order valence-electron chi connectivity index (χ4n) is 4.37. The number of pyridine rings is 1. The van der Waals surface area contributed by atoms with Gasteiger partial charge in [-0.05, 0) is 73.9 Å². The molecule has 132 valence electrons. The zero-order valence-corrected chi connectivity index (χ0v) is 15.1. The van der Waals surface area contributed by atoms with Gasteiger partial charge in [0.05, 0.1) is 5.69 Å². The van der Waals surface area contributed by atoms with Crippen molar-refractivity contribution in [1.82, 2.24) is 9.88 Å². The topological polar surface area (TPSA) is 25.4 Å². The van der Waals surface area contributed by atoms with Crippen LogP contribution in [0.2, 0.25) is 0 Å². The van der Waals surface area contributed by atoms with Crippen molar-refractivity contribution in [3.05, 3.63) is 65.5 Å². The fraction of sp³-hybridized carbons (Fsp3) is 0.500. The number of methoxy groups -OCH3 is 1. The molecular formula is C22H28N2O. The third-order valence-electron chi connectivity index (χ3n) is 5.89. The predicted molar refractivity (Wildman–Crippen MR) is 100 cm³/mol. The van der Waals surface area contributed by atoms with E-state index in [1.807, 2.05) is 18.3 Å². The normalized spacial score (nSPS) is 24.8. The Bertz CT molecular complexity index is 658. The van der Waals surface area contributed by atoms with Gasteiger partial charge in [-0.3, -0.25) is 9.88 Å². The molecule has 4 rings (SSSR count). The van der Waals surface area contributed by atoms with Gasteiger partial charge in [0.2, 0.25) is 0 Å². The average molecular weight is 336 g/mol. The zero-order chi connectivity index (χ0) is 17.1. The molecule has 3 heteroatoms. The summed E-state index contributed by atoms with van der Waals surface area (Å²) in [5, 5.41) is 0. The van der Waals surface area contributed by atoms with Crippen LogP contribution in [0.3, 0.4) is 0 Å². The molecule has 0 radical (unpaired) electrons. The van der Waals surface area contributed by atoms with Gasteiger partial charge in [0.25, 0.3) is 0 Å². The lowest BCUT2D eigenvalue weighted by molar-refractivity contribution is 0.00567. The van der Waals surface area contributed by atoms with Crippen LogP contribution >= 0.6 is 0 Å². The van der Waals surface area contributed by atoms with E-state index in [0.717, 1.165) is 12.2 Å². The van der Waals surface area contributed by atoms with Crippen molar-refractivity contribution < 1.29 is 4.74 Å². The number of ether oxygens (including phenoxy) is 1. The van der Waals surface area contributed by atoms with Crippen LogP contribution in [0.5, 0.6) is 0 Å². The summed E-state index contributed by atoms with van der Waals surface area (Å²) in [6.45, 7) is 3.63. The first kappa shape index (κ1) is 16.7. The highest BCUT2D eigenvalue weighted by molar-refractivity contribution is 5.28. The van der Waals surface area contributed by atoms with Gasteiger partial charge in [-0.2, -0.15) is 0 Å². The van der Waals surface area contributed by atoms with Crippen LogP contribution in [0.25, 0.3) is 0 Å². The maximum Gasteiger partial charge on any atom is 0.102 e. The number of rotatable bonds is 6. The van der Waals surface area contributed by atoms with Crippen LogP contribution < -0.4 is 0 Å². The molecule has 0 bridgehead atoms. The summed E-state index contributed by atoms with van der Waals surface area (Å²) in [5.74, 6) is 1.25. The van der Waals surface area contributed by atoms with Crippen LogP contribution in [0.1, 0.15) is 54.5 Å². The summed E-state index contributed by atoms with van der Waals surface area (Å²) in [6.07, 6.45) is 7.10. The van der Waals surface area contributed by atoms with E-state index in [1.165, 1.54) is 49.9 Å². The summed E-state index contributed by atoms with van der Waals surface area (Å²) in [4.78, 5) is 7.04. The van der Waals surface area contributed by atoms with Crippen molar-refractivity contribution in [3.8, 4) is 0 Å². The molecule has 0 spiro atoms. The quantitative estimate of drug-likeness (QED) is 0.773. The number of hydrogen-bond donors (Lipinski definition) is 0. The summed E-state index contributed by atoms with van der Waals surface area (Å²) in [5.41, 5.74) is 4.00. The minimum Gasteiger partial charge on any atom is -0.375 e. The van der Waals surface area contributed by atoms with Crippen LogP contribution in [0.15, 0.2) is 48.7 Å². The van der Waals surface area contributed by atoms with Crippen LogP contribution in [-0.4, -0.2) is 30.1 Å². The molecule has 3 nitrogen and oxygen atoms in total. The number of hydrogen-bond acceptors (Lipinski definition) is 3. The maximum absolute atomic E-state index is 5.75. The molecule has 1 aliphatic carbocycles. The molecule has 1 aromatic heterocycles. The largest absolute Gasteiger partial charge is 0.375 e. The number of benzene rings is 1. The Kier molecular flexibility index (Phi) is 5.14. The molecule has 1 aliphatic heterocycles. The molecular weight excluding hydrogens is 308 g/mol. The first-order valence-electron chi connectivity index (χ1n) is 9.58. The molecule has 2 aromatic rings. The molecule has 1 atom stereocenters. The minimum absolute atomic E-state index is 0.131. The van der Waals surface area contributed by atoms with E-state index < -0.39 is 0 Å². The van der Waals surface area contributed by atoms with E-state index in [4.69, 9.17) is 4.74 Å². The SMILES string of the molecule is COC(c1ccccn1)C1CC(c2ccc(CN3CCCC3)cc2)C1. The second kappa shape index (κ2) is 7.67.